The molecule has 130 valence electrons. The lowest BCUT2D eigenvalue weighted by Crippen LogP contribution is -2.40. The summed E-state index contributed by atoms with van der Waals surface area (Å²) in [6, 6.07) is 8.45. The van der Waals surface area contributed by atoms with Gasteiger partial charge in [0.25, 0.3) is 0 Å². The van der Waals surface area contributed by atoms with Gasteiger partial charge in [0.2, 0.25) is 0 Å². The minimum Gasteiger partial charge on any atom is -0.357 e. The molecule has 0 aromatic heterocycles. The van der Waals surface area contributed by atoms with E-state index in [4.69, 9.17) is 4.99 Å². The van der Waals surface area contributed by atoms with Crippen LogP contribution in [0.3, 0.4) is 0 Å². The molecule has 2 N–H and O–H groups in total. The second kappa shape index (κ2) is 10.9. The third kappa shape index (κ3) is 6.67. The predicted octanol–water partition coefficient (Wildman–Crippen LogP) is 3.01. The van der Waals surface area contributed by atoms with Gasteiger partial charge >= 0.3 is 0 Å². The van der Waals surface area contributed by atoms with Gasteiger partial charge in [-0.2, -0.15) is 0 Å². The second-order valence-electron chi connectivity index (χ2n) is 6.05. The first-order chi connectivity index (χ1) is 10.7. The van der Waals surface area contributed by atoms with Crippen LogP contribution in [0.2, 0.25) is 0 Å². The average molecular weight is 430 g/mol. The van der Waals surface area contributed by atoms with Crippen molar-refractivity contribution in [2.24, 2.45) is 10.9 Å². The van der Waals surface area contributed by atoms with E-state index in [0.29, 0.717) is 0 Å². The van der Waals surface area contributed by atoms with E-state index in [2.05, 4.69) is 60.6 Å². The number of hydrogen-bond donors (Lipinski definition) is 2. The fourth-order valence-electron chi connectivity index (χ4n) is 2.90. The Morgan fingerprint density at radius 1 is 1.26 bits per heavy atom. The second-order valence-corrected chi connectivity index (χ2v) is 6.05. The first kappa shape index (κ1) is 20.2. The molecule has 2 rings (SSSR count). The Labute approximate surface area is 158 Å². The Morgan fingerprint density at radius 3 is 2.70 bits per heavy atom. The first-order valence-electron chi connectivity index (χ1n) is 8.52. The van der Waals surface area contributed by atoms with Crippen molar-refractivity contribution in [3.8, 4) is 0 Å². The topological polar surface area (TPSA) is 39.7 Å². The molecule has 1 aromatic carbocycles. The standard InChI is InChI=1S/C18H30N4.HI/c1-4-19-18(20-12-16-10-11-22(5-2)14-16)21-13-17-9-7-6-8-15(17)3;/h6-9,16H,4-5,10-14H2,1-3H3,(H2,19,20,21);1H. The van der Waals surface area contributed by atoms with E-state index in [9.17, 15) is 0 Å². The lowest BCUT2D eigenvalue weighted by Gasteiger charge is -2.16. The third-order valence-electron chi connectivity index (χ3n) is 4.39. The lowest BCUT2D eigenvalue weighted by atomic mass is 10.1. The van der Waals surface area contributed by atoms with E-state index < -0.39 is 0 Å². The molecule has 23 heavy (non-hydrogen) atoms. The van der Waals surface area contributed by atoms with Crippen molar-refractivity contribution in [1.29, 1.82) is 0 Å². The third-order valence-corrected chi connectivity index (χ3v) is 4.39. The zero-order valence-corrected chi connectivity index (χ0v) is 17.0. The minimum atomic E-state index is 0. The van der Waals surface area contributed by atoms with Crippen LogP contribution in [0.25, 0.3) is 0 Å². The molecule has 1 fully saturated rings. The molecule has 4 nitrogen and oxygen atoms in total. The van der Waals surface area contributed by atoms with Crippen LogP contribution < -0.4 is 10.6 Å². The van der Waals surface area contributed by atoms with Crippen molar-refractivity contribution in [2.75, 3.05) is 32.7 Å². The van der Waals surface area contributed by atoms with Crippen molar-refractivity contribution >= 4 is 29.9 Å². The molecule has 0 radical (unpaired) electrons. The Balaban J connectivity index is 0.00000264. The minimum absolute atomic E-state index is 0. The van der Waals surface area contributed by atoms with Gasteiger partial charge in [0, 0.05) is 19.6 Å². The summed E-state index contributed by atoms with van der Waals surface area (Å²) in [5, 5.41) is 6.86. The molecule has 1 heterocycles. The molecule has 1 aromatic rings. The van der Waals surface area contributed by atoms with Crippen LogP contribution in [-0.4, -0.2) is 43.6 Å². The highest BCUT2D eigenvalue weighted by molar-refractivity contribution is 14.0. The van der Waals surface area contributed by atoms with Gasteiger partial charge in [-0.15, -0.1) is 24.0 Å². The van der Waals surface area contributed by atoms with Crippen LogP contribution in [0.4, 0.5) is 0 Å². The number of nitrogens with one attached hydrogen (secondary N) is 2. The number of nitrogens with zero attached hydrogens (tertiary/aromatic N) is 2. The van der Waals surface area contributed by atoms with Gasteiger partial charge in [0.1, 0.15) is 0 Å². The highest BCUT2D eigenvalue weighted by atomic mass is 127. The van der Waals surface area contributed by atoms with Gasteiger partial charge < -0.3 is 15.5 Å². The summed E-state index contributed by atoms with van der Waals surface area (Å²) in [6.07, 6.45) is 1.29. The number of likely N-dealkylation sites (tertiary alicyclic amines) is 1. The van der Waals surface area contributed by atoms with Crippen molar-refractivity contribution in [3.05, 3.63) is 35.4 Å². The number of benzene rings is 1. The van der Waals surface area contributed by atoms with Gasteiger partial charge in [0.05, 0.1) is 6.54 Å². The number of aliphatic imine (C=N–C) groups is 1. The number of rotatable bonds is 6. The molecule has 1 aliphatic heterocycles. The summed E-state index contributed by atoms with van der Waals surface area (Å²) in [5.41, 5.74) is 2.59. The summed E-state index contributed by atoms with van der Waals surface area (Å²) in [4.78, 5) is 7.24. The van der Waals surface area contributed by atoms with E-state index in [0.717, 1.165) is 38.1 Å². The number of aryl methyl sites for hydroxylation is 1. The average Bonchev–Trinajstić information content (AvgIpc) is 2.99. The van der Waals surface area contributed by atoms with Gasteiger partial charge in [-0.3, -0.25) is 0 Å². The summed E-state index contributed by atoms with van der Waals surface area (Å²) in [5.74, 6) is 1.67. The number of guanidine groups is 1. The quantitative estimate of drug-likeness (QED) is 0.414. The molecule has 1 saturated heterocycles. The highest BCUT2D eigenvalue weighted by Gasteiger charge is 2.20. The Morgan fingerprint density at radius 2 is 2.04 bits per heavy atom. The summed E-state index contributed by atoms with van der Waals surface area (Å²) in [7, 11) is 0. The van der Waals surface area contributed by atoms with E-state index in [1.807, 2.05) is 0 Å². The molecule has 0 amide bonds. The van der Waals surface area contributed by atoms with Crippen LogP contribution in [-0.2, 0) is 6.54 Å². The molecule has 0 bridgehead atoms. The Bertz CT molecular complexity index is 490. The lowest BCUT2D eigenvalue weighted by molar-refractivity contribution is 0.342. The maximum atomic E-state index is 4.73. The van der Waals surface area contributed by atoms with E-state index >= 15 is 0 Å². The molecule has 5 heteroatoms. The summed E-state index contributed by atoms with van der Waals surface area (Å²) in [6.45, 7) is 12.7. The fourth-order valence-corrected chi connectivity index (χ4v) is 2.90. The van der Waals surface area contributed by atoms with Gasteiger partial charge in [-0.05, 0) is 50.4 Å². The van der Waals surface area contributed by atoms with Gasteiger partial charge in [0.15, 0.2) is 5.96 Å². The Kier molecular flexibility index (Phi) is 9.55. The van der Waals surface area contributed by atoms with Crippen molar-refractivity contribution < 1.29 is 0 Å². The fraction of sp³-hybridized carbons (Fsp3) is 0.611. The number of halogens is 1. The molecule has 0 aliphatic carbocycles. The predicted molar refractivity (Wildman–Crippen MR) is 110 cm³/mol. The molecule has 1 aliphatic rings. The summed E-state index contributed by atoms with van der Waals surface area (Å²) < 4.78 is 0. The smallest absolute Gasteiger partial charge is 0.191 e. The van der Waals surface area contributed by atoms with Crippen LogP contribution in [0.1, 0.15) is 31.4 Å². The largest absolute Gasteiger partial charge is 0.357 e. The van der Waals surface area contributed by atoms with Gasteiger partial charge in [-0.25, -0.2) is 4.99 Å². The molecule has 0 spiro atoms. The van der Waals surface area contributed by atoms with E-state index in [1.54, 1.807) is 0 Å². The first-order valence-corrected chi connectivity index (χ1v) is 8.52. The SMILES string of the molecule is CCNC(=NCc1ccccc1C)NCC1CCN(CC)C1.I. The van der Waals surface area contributed by atoms with Crippen LogP contribution >= 0.6 is 24.0 Å². The monoisotopic (exact) mass is 430 g/mol. The van der Waals surface area contributed by atoms with E-state index in [-0.39, 0.29) is 24.0 Å². The maximum Gasteiger partial charge on any atom is 0.191 e. The maximum absolute atomic E-state index is 4.73. The van der Waals surface area contributed by atoms with E-state index in [1.165, 1.54) is 30.6 Å². The van der Waals surface area contributed by atoms with Crippen LogP contribution in [0, 0.1) is 12.8 Å². The van der Waals surface area contributed by atoms with Crippen LogP contribution in [0.15, 0.2) is 29.3 Å². The number of hydrogen-bond acceptors (Lipinski definition) is 2. The molecule has 1 unspecified atom stereocenters. The zero-order valence-electron chi connectivity index (χ0n) is 14.6. The van der Waals surface area contributed by atoms with Crippen molar-refractivity contribution in [1.82, 2.24) is 15.5 Å². The normalized spacial score (nSPS) is 18.6. The molecule has 0 saturated carbocycles. The zero-order chi connectivity index (χ0) is 15.8. The van der Waals surface area contributed by atoms with Crippen molar-refractivity contribution in [3.63, 3.8) is 0 Å². The van der Waals surface area contributed by atoms with Crippen LogP contribution in [0.5, 0.6) is 0 Å². The van der Waals surface area contributed by atoms with Gasteiger partial charge in [-0.1, -0.05) is 31.2 Å². The summed E-state index contributed by atoms with van der Waals surface area (Å²) >= 11 is 0. The Hall–Kier alpha value is -0.820. The molecule has 1 atom stereocenters. The molecular formula is C18H31IN4. The highest BCUT2D eigenvalue weighted by Crippen LogP contribution is 2.14. The van der Waals surface area contributed by atoms with Crippen molar-refractivity contribution in [2.45, 2.75) is 33.7 Å². The molecular weight excluding hydrogens is 399 g/mol.